The normalized spacial score (nSPS) is 14.5. The Hall–Kier alpha value is -2.64. The lowest BCUT2D eigenvalue weighted by atomic mass is 10.1. The number of alkyl halides is 3. The van der Waals surface area contributed by atoms with Crippen molar-refractivity contribution in [3.8, 4) is 0 Å². The number of rotatable bonds is 6. The number of aliphatic imine (C=N–C) groups is 1. The van der Waals surface area contributed by atoms with Gasteiger partial charge < -0.3 is 20.4 Å². The first-order chi connectivity index (χ1) is 15.4. The summed E-state index contributed by atoms with van der Waals surface area (Å²) >= 11 is 0. The fourth-order valence-electron chi connectivity index (χ4n) is 3.24. The van der Waals surface area contributed by atoms with Crippen molar-refractivity contribution in [1.82, 2.24) is 25.5 Å². The molecule has 0 aliphatic carbocycles. The van der Waals surface area contributed by atoms with Gasteiger partial charge in [-0.25, -0.2) is 9.97 Å². The van der Waals surface area contributed by atoms with Gasteiger partial charge in [-0.1, -0.05) is 0 Å². The summed E-state index contributed by atoms with van der Waals surface area (Å²) in [4.78, 5) is 29.5. The molecule has 1 saturated heterocycles. The summed E-state index contributed by atoms with van der Waals surface area (Å²) in [7, 11) is 0. The van der Waals surface area contributed by atoms with Crippen molar-refractivity contribution < 1.29 is 18.0 Å². The van der Waals surface area contributed by atoms with E-state index in [4.69, 9.17) is 0 Å². The zero-order chi connectivity index (χ0) is 23.0. The predicted molar refractivity (Wildman–Crippen MR) is 131 cm³/mol. The summed E-state index contributed by atoms with van der Waals surface area (Å²) in [6.07, 6.45) is -0.982. The molecule has 1 aliphatic rings. The molecule has 1 aromatic heterocycles. The molecule has 8 nitrogen and oxygen atoms in total. The molecule has 3 rings (SSSR count). The third-order valence-electron chi connectivity index (χ3n) is 4.88. The minimum Gasteiger partial charge on any atom is -0.357 e. The van der Waals surface area contributed by atoms with Crippen LogP contribution in [0.25, 0.3) is 0 Å². The van der Waals surface area contributed by atoms with Gasteiger partial charge in [0.1, 0.15) is 0 Å². The van der Waals surface area contributed by atoms with Gasteiger partial charge in [0.25, 0.3) is 5.91 Å². The molecular formula is C21H27F3IN7O. The summed E-state index contributed by atoms with van der Waals surface area (Å²) < 4.78 is 37.9. The average molecular weight is 577 g/mol. The molecule has 12 heteroatoms. The van der Waals surface area contributed by atoms with E-state index >= 15 is 0 Å². The molecule has 1 aliphatic heterocycles. The van der Waals surface area contributed by atoms with Gasteiger partial charge in [0.2, 0.25) is 5.95 Å². The lowest BCUT2D eigenvalue weighted by molar-refractivity contribution is -0.137. The Balaban J connectivity index is 0.00000385. The maximum Gasteiger partial charge on any atom is 0.416 e. The monoisotopic (exact) mass is 577 g/mol. The van der Waals surface area contributed by atoms with Gasteiger partial charge in [-0.3, -0.25) is 9.79 Å². The van der Waals surface area contributed by atoms with E-state index in [-0.39, 0.29) is 36.1 Å². The molecule has 33 heavy (non-hydrogen) atoms. The number of amides is 1. The van der Waals surface area contributed by atoms with Gasteiger partial charge in [0.15, 0.2) is 5.96 Å². The van der Waals surface area contributed by atoms with Crippen molar-refractivity contribution in [2.45, 2.75) is 13.1 Å². The standard InChI is InChI=1S/C21H26F3N7O.HI/c1-2-25-19(30-12-14-31(15-13-30)20-27-8-3-9-28-20)29-11-10-26-18(32)16-4-6-17(7-5-16)21(22,23)24;/h3-9H,2,10-15H2,1H3,(H,25,29)(H,26,32);1H. The zero-order valence-corrected chi connectivity index (χ0v) is 20.5. The largest absolute Gasteiger partial charge is 0.416 e. The highest BCUT2D eigenvalue weighted by Crippen LogP contribution is 2.29. The lowest BCUT2D eigenvalue weighted by Gasteiger charge is -2.36. The number of guanidine groups is 1. The van der Waals surface area contributed by atoms with Gasteiger partial charge in [0, 0.05) is 57.2 Å². The first kappa shape index (κ1) is 26.6. The van der Waals surface area contributed by atoms with Gasteiger partial charge in [0.05, 0.1) is 12.1 Å². The number of hydrogen-bond donors (Lipinski definition) is 2. The highest BCUT2D eigenvalue weighted by Gasteiger charge is 2.30. The molecule has 1 fully saturated rings. The third-order valence-corrected chi connectivity index (χ3v) is 4.88. The van der Waals surface area contributed by atoms with Crippen LogP contribution in [-0.4, -0.2) is 72.5 Å². The molecule has 2 N–H and O–H groups in total. The predicted octanol–water partition coefficient (Wildman–Crippen LogP) is 2.63. The first-order valence-electron chi connectivity index (χ1n) is 10.4. The molecule has 0 bridgehead atoms. The number of nitrogens with zero attached hydrogens (tertiary/aromatic N) is 5. The second-order valence-electron chi connectivity index (χ2n) is 7.09. The zero-order valence-electron chi connectivity index (χ0n) is 18.2. The second-order valence-corrected chi connectivity index (χ2v) is 7.09. The van der Waals surface area contributed by atoms with E-state index in [2.05, 4.69) is 35.4 Å². The Morgan fingerprint density at radius 3 is 2.27 bits per heavy atom. The van der Waals surface area contributed by atoms with Crippen LogP contribution in [0.15, 0.2) is 47.7 Å². The number of carbonyl (C=O) groups excluding carboxylic acids is 1. The average Bonchev–Trinajstić information content (AvgIpc) is 2.81. The number of aromatic nitrogens is 2. The Bertz CT molecular complexity index is 902. The molecular weight excluding hydrogens is 550 g/mol. The number of hydrogen-bond acceptors (Lipinski definition) is 5. The van der Waals surface area contributed by atoms with Gasteiger partial charge in [-0.15, -0.1) is 24.0 Å². The molecule has 0 atom stereocenters. The van der Waals surface area contributed by atoms with E-state index in [0.717, 1.165) is 44.3 Å². The molecule has 1 aromatic carbocycles. The second kappa shape index (κ2) is 12.6. The topological polar surface area (TPSA) is 85.8 Å². The van der Waals surface area contributed by atoms with Crippen LogP contribution in [-0.2, 0) is 6.18 Å². The number of benzene rings is 1. The Morgan fingerprint density at radius 2 is 1.70 bits per heavy atom. The number of halogens is 4. The van der Waals surface area contributed by atoms with Gasteiger partial charge in [-0.2, -0.15) is 13.2 Å². The van der Waals surface area contributed by atoms with Crippen molar-refractivity contribution in [3.05, 3.63) is 53.9 Å². The third kappa shape index (κ3) is 7.72. The highest BCUT2D eigenvalue weighted by atomic mass is 127. The van der Waals surface area contributed by atoms with Crippen LogP contribution < -0.4 is 15.5 Å². The van der Waals surface area contributed by atoms with Crippen molar-refractivity contribution in [2.24, 2.45) is 4.99 Å². The fraction of sp³-hybridized carbons (Fsp3) is 0.429. The quantitative estimate of drug-likeness (QED) is 0.238. The van der Waals surface area contributed by atoms with Crippen LogP contribution in [0.4, 0.5) is 19.1 Å². The minimum absolute atomic E-state index is 0. The van der Waals surface area contributed by atoms with Crippen LogP contribution in [0.3, 0.4) is 0 Å². The Labute approximate surface area is 207 Å². The van der Waals surface area contributed by atoms with E-state index in [1.807, 2.05) is 6.92 Å². The summed E-state index contributed by atoms with van der Waals surface area (Å²) in [5.41, 5.74) is -0.610. The minimum atomic E-state index is -4.42. The van der Waals surface area contributed by atoms with Crippen molar-refractivity contribution in [3.63, 3.8) is 0 Å². The number of piperazine rings is 1. The Morgan fingerprint density at radius 1 is 1.06 bits per heavy atom. The van der Waals surface area contributed by atoms with Crippen LogP contribution in [0, 0.1) is 0 Å². The molecule has 180 valence electrons. The van der Waals surface area contributed by atoms with Crippen LogP contribution >= 0.6 is 24.0 Å². The van der Waals surface area contributed by atoms with E-state index in [1.165, 1.54) is 12.1 Å². The Kier molecular flexibility index (Phi) is 10.1. The molecule has 2 heterocycles. The van der Waals surface area contributed by atoms with E-state index in [9.17, 15) is 18.0 Å². The molecule has 0 unspecified atom stereocenters. The van der Waals surface area contributed by atoms with Gasteiger partial charge in [-0.05, 0) is 37.3 Å². The molecule has 0 radical (unpaired) electrons. The first-order valence-corrected chi connectivity index (χ1v) is 10.4. The summed E-state index contributed by atoms with van der Waals surface area (Å²) in [6, 6.07) is 5.92. The highest BCUT2D eigenvalue weighted by molar-refractivity contribution is 14.0. The fourth-order valence-corrected chi connectivity index (χ4v) is 3.24. The maximum absolute atomic E-state index is 12.6. The van der Waals surface area contributed by atoms with Crippen LogP contribution in [0.5, 0.6) is 0 Å². The smallest absolute Gasteiger partial charge is 0.357 e. The van der Waals surface area contributed by atoms with Crippen LogP contribution in [0.1, 0.15) is 22.8 Å². The summed E-state index contributed by atoms with van der Waals surface area (Å²) in [6.45, 7) is 6.33. The summed E-state index contributed by atoms with van der Waals surface area (Å²) in [5, 5.41) is 5.94. The SMILES string of the molecule is CCNC(=NCCNC(=O)c1ccc(C(F)(F)F)cc1)N1CCN(c2ncccn2)CC1.I. The number of carbonyl (C=O) groups is 1. The van der Waals surface area contributed by atoms with E-state index in [1.54, 1.807) is 18.5 Å². The van der Waals surface area contributed by atoms with E-state index < -0.39 is 17.6 Å². The van der Waals surface area contributed by atoms with Crippen molar-refractivity contribution >= 4 is 41.8 Å². The van der Waals surface area contributed by atoms with E-state index in [0.29, 0.717) is 19.0 Å². The molecule has 0 spiro atoms. The number of anilines is 1. The van der Waals surface area contributed by atoms with Gasteiger partial charge >= 0.3 is 6.18 Å². The molecule has 1 amide bonds. The molecule has 2 aromatic rings. The van der Waals surface area contributed by atoms with Crippen molar-refractivity contribution in [2.75, 3.05) is 50.7 Å². The molecule has 0 saturated carbocycles. The lowest BCUT2D eigenvalue weighted by Crippen LogP contribution is -2.53. The maximum atomic E-state index is 12.6. The van der Waals surface area contributed by atoms with Crippen molar-refractivity contribution in [1.29, 1.82) is 0 Å². The summed E-state index contributed by atoms with van der Waals surface area (Å²) in [5.74, 6) is 1.03. The number of nitrogens with one attached hydrogen (secondary N) is 2. The van der Waals surface area contributed by atoms with Crippen LogP contribution in [0.2, 0.25) is 0 Å².